The van der Waals surface area contributed by atoms with E-state index >= 15 is 0 Å². The van der Waals surface area contributed by atoms with Gasteiger partial charge < -0.3 is 20.5 Å². The lowest BCUT2D eigenvalue weighted by Gasteiger charge is -2.44. The van der Waals surface area contributed by atoms with Gasteiger partial charge in [-0.05, 0) is 30.3 Å². The molecule has 32 heavy (non-hydrogen) atoms. The van der Waals surface area contributed by atoms with E-state index in [4.69, 9.17) is 22.1 Å². The smallest absolute Gasteiger partial charge is 0.405 e. The zero-order valence-electron chi connectivity index (χ0n) is 16.5. The first-order valence-corrected chi connectivity index (χ1v) is 10.9. The van der Waals surface area contributed by atoms with Crippen LogP contribution in [0.5, 0.6) is 5.75 Å². The molecular formula is C20H18ClF3N4O3S. The highest BCUT2D eigenvalue weighted by Gasteiger charge is 2.48. The largest absolute Gasteiger partial charge is 0.573 e. The second-order valence-corrected chi connectivity index (χ2v) is 8.76. The number of amidine groups is 1. The van der Waals surface area contributed by atoms with E-state index in [1.165, 1.54) is 48.3 Å². The minimum atomic E-state index is -4.90. The fourth-order valence-corrected chi connectivity index (χ4v) is 4.91. The summed E-state index contributed by atoms with van der Waals surface area (Å²) in [6, 6.07) is 6.89. The van der Waals surface area contributed by atoms with Crippen LogP contribution in [0, 0.1) is 5.92 Å². The molecule has 0 bridgehead atoms. The highest BCUT2D eigenvalue weighted by molar-refractivity contribution is 8.13. The second-order valence-electron chi connectivity index (χ2n) is 7.28. The fourth-order valence-electron chi connectivity index (χ4n) is 3.82. The molecule has 3 heterocycles. The predicted octanol–water partition coefficient (Wildman–Crippen LogP) is 4.18. The second kappa shape index (κ2) is 8.80. The van der Waals surface area contributed by atoms with Crippen LogP contribution in [0.3, 0.4) is 0 Å². The van der Waals surface area contributed by atoms with Crippen molar-refractivity contribution in [2.45, 2.75) is 18.3 Å². The minimum Gasteiger partial charge on any atom is -0.405 e. The van der Waals surface area contributed by atoms with Crippen molar-refractivity contribution < 1.29 is 27.4 Å². The van der Waals surface area contributed by atoms with Crippen molar-refractivity contribution in [1.29, 1.82) is 0 Å². The van der Waals surface area contributed by atoms with Crippen LogP contribution in [-0.4, -0.2) is 41.4 Å². The summed E-state index contributed by atoms with van der Waals surface area (Å²) in [6.07, 6.45) is -3.25. The number of halogens is 4. The number of rotatable bonds is 4. The van der Waals surface area contributed by atoms with Crippen molar-refractivity contribution in [1.82, 2.24) is 4.98 Å². The third-order valence-corrected chi connectivity index (χ3v) is 6.43. The van der Waals surface area contributed by atoms with Gasteiger partial charge in [-0.3, -0.25) is 9.79 Å². The lowest BCUT2D eigenvalue weighted by molar-refractivity contribution is -0.275. The zero-order chi connectivity index (χ0) is 22.9. The molecule has 1 amide bonds. The van der Waals surface area contributed by atoms with Crippen LogP contribution in [0.25, 0.3) is 0 Å². The van der Waals surface area contributed by atoms with Gasteiger partial charge >= 0.3 is 6.36 Å². The summed E-state index contributed by atoms with van der Waals surface area (Å²) < 4.78 is 49.3. The summed E-state index contributed by atoms with van der Waals surface area (Å²) in [5, 5.41) is 3.30. The van der Waals surface area contributed by atoms with Gasteiger partial charge in [0.2, 0.25) is 0 Å². The monoisotopic (exact) mass is 486 g/mol. The summed E-state index contributed by atoms with van der Waals surface area (Å²) in [5.41, 5.74) is 5.46. The molecule has 1 aromatic carbocycles. The molecule has 2 aromatic rings. The number of nitrogens with zero attached hydrogens (tertiary/aromatic N) is 2. The maximum atomic E-state index is 13.2. The van der Waals surface area contributed by atoms with Crippen LogP contribution in [-0.2, 0) is 10.3 Å². The first kappa shape index (κ1) is 22.7. The van der Waals surface area contributed by atoms with E-state index in [1.54, 1.807) is 0 Å². The predicted molar refractivity (Wildman–Crippen MR) is 115 cm³/mol. The van der Waals surface area contributed by atoms with Crippen molar-refractivity contribution in [3.63, 3.8) is 0 Å². The first-order chi connectivity index (χ1) is 15.2. The van der Waals surface area contributed by atoms with Gasteiger partial charge in [0.1, 0.15) is 17.0 Å². The molecule has 2 aliphatic heterocycles. The van der Waals surface area contributed by atoms with Crippen molar-refractivity contribution in [3.05, 3.63) is 52.8 Å². The summed E-state index contributed by atoms with van der Waals surface area (Å²) in [7, 11) is 0. The van der Waals surface area contributed by atoms with Gasteiger partial charge in [0, 0.05) is 42.1 Å². The van der Waals surface area contributed by atoms with Gasteiger partial charge in [0.05, 0.1) is 11.6 Å². The van der Waals surface area contributed by atoms with Crippen molar-refractivity contribution in [2.24, 2.45) is 16.6 Å². The number of nitrogens with two attached hydrogens (primary N) is 1. The average Bonchev–Trinajstić information content (AvgIpc) is 2.74. The number of alkyl halides is 3. The summed E-state index contributed by atoms with van der Waals surface area (Å²) in [5.74, 6) is -0.615. The van der Waals surface area contributed by atoms with Gasteiger partial charge in [-0.2, -0.15) is 0 Å². The molecule has 7 nitrogen and oxygen atoms in total. The Balaban J connectivity index is 1.75. The van der Waals surface area contributed by atoms with Crippen LogP contribution in [0.2, 0.25) is 5.02 Å². The van der Waals surface area contributed by atoms with E-state index in [9.17, 15) is 18.0 Å². The number of pyridine rings is 1. The molecule has 0 radical (unpaired) electrons. The molecule has 12 heteroatoms. The maximum absolute atomic E-state index is 13.2. The number of ether oxygens (including phenoxy) is 2. The van der Waals surface area contributed by atoms with Gasteiger partial charge in [-0.25, -0.2) is 4.98 Å². The number of thioether (sulfide) groups is 1. The van der Waals surface area contributed by atoms with E-state index in [-0.39, 0.29) is 28.0 Å². The maximum Gasteiger partial charge on any atom is 0.573 e. The molecule has 1 aromatic heterocycles. The lowest BCUT2D eigenvalue weighted by Crippen LogP contribution is -2.47. The third-order valence-electron chi connectivity index (χ3n) is 5.25. The standard InChI is InChI=1S/C20H18ClF3N4O3S/c21-12-1-3-15(26-8-12)17(29)27-13-2-4-16(31-20(22,23)24)14(7-13)19-5-6-30-9-11(19)10-32-18(25)28-19/h1-4,7-8,11H,5-6,9-10H2,(H2,25,28)(H,27,29)/t11-,19-/m0/s1. The van der Waals surface area contributed by atoms with E-state index in [2.05, 4.69) is 20.0 Å². The van der Waals surface area contributed by atoms with Gasteiger partial charge in [-0.1, -0.05) is 23.4 Å². The Kier molecular flexibility index (Phi) is 6.24. The molecule has 0 unspecified atom stereocenters. The number of benzene rings is 1. The third kappa shape index (κ3) is 4.79. The Morgan fingerprint density at radius 1 is 1.34 bits per heavy atom. The highest BCUT2D eigenvalue weighted by Crippen LogP contribution is 2.49. The Morgan fingerprint density at radius 3 is 2.88 bits per heavy atom. The first-order valence-electron chi connectivity index (χ1n) is 9.55. The molecule has 1 saturated heterocycles. The molecule has 4 rings (SSSR count). The van der Waals surface area contributed by atoms with E-state index in [0.29, 0.717) is 30.4 Å². The van der Waals surface area contributed by atoms with Crippen LogP contribution in [0.1, 0.15) is 22.5 Å². The number of nitrogens with one attached hydrogen (secondary N) is 1. The summed E-state index contributed by atoms with van der Waals surface area (Å²) in [4.78, 5) is 21.1. The molecular weight excluding hydrogens is 469 g/mol. The SMILES string of the molecule is NC1=N[C@@]2(c3cc(NC(=O)c4ccc(Cl)cn4)ccc3OC(F)(F)F)CCOC[C@H]2CS1. The normalized spacial score (nSPS) is 23.1. The minimum absolute atomic E-state index is 0.102. The zero-order valence-corrected chi connectivity index (χ0v) is 18.1. The molecule has 0 saturated carbocycles. The van der Waals surface area contributed by atoms with Crippen molar-refractivity contribution >= 4 is 40.1 Å². The Hall–Kier alpha value is -2.50. The molecule has 170 valence electrons. The molecule has 2 aliphatic rings. The lowest BCUT2D eigenvalue weighted by atomic mass is 9.75. The van der Waals surface area contributed by atoms with E-state index < -0.39 is 23.6 Å². The molecule has 0 aliphatic carbocycles. The Morgan fingerprint density at radius 2 is 2.16 bits per heavy atom. The number of hydrogen-bond donors (Lipinski definition) is 2. The number of fused-ring (bicyclic) bond motifs is 1. The number of anilines is 1. The average molecular weight is 487 g/mol. The highest BCUT2D eigenvalue weighted by atomic mass is 35.5. The van der Waals surface area contributed by atoms with Gasteiger partial charge in [0.15, 0.2) is 5.17 Å². The number of carbonyl (C=O) groups is 1. The van der Waals surface area contributed by atoms with Gasteiger partial charge in [-0.15, -0.1) is 13.2 Å². The quantitative estimate of drug-likeness (QED) is 0.672. The van der Waals surface area contributed by atoms with Crippen molar-refractivity contribution in [3.8, 4) is 5.75 Å². The Labute approximate surface area is 190 Å². The summed E-state index contributed by atoms with van der Waals surface area (Å²) in [6.45, 7) is 0.620. The van der Waals surface area contributed by atoms with Crippen LogP contribution < -0.4 is 15.8 Å². The number of aliphatic imine (C=N–C) groups is 1. The number of amides is 1. The molecule has 2 atom stereocenters. The van der Waals surface area contributed by atoms with Gasteiger partial charge in [0.25, 0.3) is 5.91 Å². The number of carbonyl (C=O) groups excluding carboxylic acids is 1. The fraction of sp³-hybridized carbons (Fsp3) is 0.350. The van der Waals surface area contributed by atoms with Crippen molar-refractivity contribution in [2.75, 3.05) is 24.3 Å². The number of hydrogen-bond acceptors (Lipinski definition) is 7. The number of aromatic nitrogens is 1. The van der Waals surface area contributed by atoms with Crippen LogP contribution in [0.4, 0.5) is 18.9 Å². The molecule has 1 fully saturated rings. The topological polar surface area (TPSA) is 98.8 Å². The van der Waals surface area contributed by atoms with E-state index in [0.717, 1.165) is 0 Å². The van der Waals surface area contributed by atoms with E-state index in [1.807, 2.05) is 0 Å². The Bertz CT molecular complexity index is 1050. The molecule has 3 N–H and O–H groups in total. The summed E-state index contributed by atoms with van der Waals surface area (Å²) >= 11 is 7.12. The van der Waals surface area contributed by atoms with Crippen LogP contribution in [0.15, 0.2) is 41.5 Å². The molecule has 0 spiro atoms. The van der Waals surface area contributed by atoms with Crippen LogP contribution >= 0.6 is 23.4 Å².